The molecule has 0 aromatic heterocycles. The van der Waals surface area contributed by atoms with Crippen molar-refractivity contribution in [1.29, 1.82) is 0 Å². The van der Waals surface area contributed by atoms with Crippen molar-refractivity contribution in [2.45, 2.75) is 29.6 Å². The van der Waals surface area contributed by atoms with Crippen LogP contribution in [-0.2, 0) is 15.9 Å². The van der Waals surface area contributed by atoms with Crippen molar-refractivity contribution in [2.24, 2.45) is 5.73 Å². The number of amides is 1. The Kier molecular flexibility index (Phi) is 5.48. The van der Waals surface area contributed by atoms with Gasteiger partial charge in [-0.1, -0.05) is 42.5 Å². The average Bonchev–Trinajstić information content (AvgIpc) is 3.29. The number of methoxy groups -OCH3 is 3. The van der Waals surface area contributed by atoms with Crippen molar-refractivity contribution in [3.63, 3.8) is 0 Å². The smallest absolute Gasteiger partial charge is 0.404 e. The molecule has 0 saturated heterocycles. The van der Waals surface area contributed by atoms with E-state index in [1.54, 1.807) is 31.4 Å². The maximum atomic E-state index is 12.7. The number of carbonyl (C=O) groups excluding carboxylic acids is 1. The summed E-state index contributed by atoms with van der Waals surface area (Å²) in [6.07, 6.45) is -1.73. The Morgan fingerprint density at radius 2 is 1.66 bits per heavy atom. The number of hydrogen-bond donors (Lipinski definition) is 2. The molecule has 8 heteroatoms. The van der Waals surface area contributed by atoms with Crippen LogP contribution in [0.5, 0.6) is 23.0 Å². The molecule has 1 aliphatic heterocycles. The number of nitrogens with two attached hydrogens (primary N) is 1. The summed E-state index contributed by atoms with van der Waals surface area (Å²) in [5.41, 5.74) is 4.24. The summed E-state index contributed by atoms with van der Waals surface area (Å²) in [6.45, 7) is 0. The molecule has 4 atom stereocenters. The van der Waals surface area contributed by atoms with Crippen molar-refractivity contribution in [2.75, 3.05) is 21.3 Å². The predicted octanol–water partition coefficient (Wildman–Crippen LogP) is 3.84. The highest BCUT2D eigenvalue weighted by Crippen LogP contribution is 2.69. The highest BCUT2D eigenvalue weighted by Gasteiger charge is 2.75. The van der Waals surface area contributed by atoms with E-state index in [1.807, 2.05) is 42.5 Å². The van der Waals surface area contributed by atoms with E-state index in [2.05, 4.69) is 0 Å². The fourth-order valence-corrected chi connectivity index (χ4v) is 5.67. The van der Waals surface area contributed by atoms with Crippen LogP contribution in [-0.4, -0.2) is 38.6 Å². The lowest BCUT2D eigenvalue weighted by Gasteiger charge is -2.41. The monoisotopic (exact) mass is 477 g/mol. The minimum atomic E-state index is -1.83. The standard InChI is InChI=1S/C27H27NO7/c1-31-18-11-9-17(10-12-18)27-20(16-7-5-4-6-8-16)15-23(34-25(28)29)26(27,30)24-21(33-3)13-19(32-2)14-22(24)35-27/h4-14,20,23,30H,15H2,1-3H3,(H2,28,29)/t20?,23-,26-,27?/m1/s1. The van der Waals surface area contributed by atoms with Crippen molar-refractivity contribution in [3.8, 4) is 23.0 Å². The van der Waals surface area contributed by atoms with Gasteiger partial charge in [-0.15, -0.1) is 0 Å². The predicted molar refractivity (Wildman–Crippen MR) is 127 cm³/mol. The van der Waals surface area contributed by atoms with Crippen molar-refractivity contribution >= 4 is 6.09 Å². The molecule has 2 aliphatic rings. The molecular weight excluding hydrogens is 450 g/mol. The van der Waals surface area contributed by atoms with E-state index in [1.165, 1.54) is 14.2 Å². The fourth-order valence-electron chi connectivity index (χ4n) is 5.67. The summed E-state index contributed by atoms with van der Waals surface area (Å²) < 4.78 is 28.8. The summed E-state index contributed by atoms with van der Waals surface area (Å²) >= 11 is 0. The van der Waals surface area contributed by atoms with Crippen molar-refractivity contribution in [3.05, 3.63) is 83.4 Å². The van der Waals surface area contributed by atoms with Crippen LogP contribution in [0.4, 0.5) is 4.79 Å². The molecule has 182 valence electrons. The molecule has 3 N–H and O–H groups in total. The summed E-state index contributed by atoms with van der Waals surface area (Å²) in [5, 5.41) is 12.7. The zero-order chi connectivity index (χ0) is 24.8. The SMILES string of the molecule is COc1ccc(C23Oc4cc(OC)cc(OC)c4[C@]2(O)[C@H](OC(N)=O)CC3c2ccccc2)cc1. The van der Waals surface area contributed by atoms with Gasteiger partial charge in [0.25, 0.3) is 0 Å². The van der Waals surface area contributed by atoms with Gasteiger partial charge >= 0.3 is 6.09 Å². The van der Waals surface area contributed by atoms with Crippen LogP contribution in [0, 0.1) is 0 Å². The Balaban J connectivity index is 1.83. The van der Waals surface area contributed by atoms with Gasteiger partial charge in [-0.05, 0) is 29.7 Å². The van der Waals surface area contributed by atoms with Gasteiger partial charge in [-0.25, -0.2) is 4.79 Å². The summed E-state index contributed by atoms with van der Waals surface area (Å²) in [7, 11) is 4.62. The van der Waals surface area contributed by atoms with Gasteiger partial charge in [0.2, 0.25) is 0 Å². The van der Waals surface area contributed by atoms with E-state index < -0.39 is 29.3 Å². The molecule has 3 aromatic rings. The van der Waals surface area contributed by atoms with E-state index >= 15 is 0 Å². The number of rotatable bonds is 6. The van der Waals surface area contributed by atoms with Gasteiger partial charge in [-0.2, -0.15) is 0 Å². The minimum Gasteiger partial charge on any atom is -0.497 e. The number of ether oxygens (including phenoxy) is 5. The maximum absolute atomic E-state index is 12.7. The number of carbonyl (C=O) groups is 1. The van der Waals surface area contributed by atoms with E-state index in [0.717, 1.165) is 5.56 Å². The first-order valence-corrected chi connectivity index (χ1v) is 11.2. The first-order valence-electron chi connectivity index (χ1n) is 11.2. The third-order valence-corrected chi connectivity index (χ3v) is 7.10. The van der Waals surface area contributed by atoms with Gasteiger partial charge in [0.1, 0.15) is 29.1 Å². The van der Waals surface area contributed by atoms with Gasteiger partial charge < -0.3 is 34.5 Å². The highest BCUT2D eigenvalue weighted by atomic mass is 16.6. The quantitative estimate of drug-likeness (QED) is 0.555. The molecule has 3 aromatic carbocycles. The zero-order valence-electron chi connectivity index (χ0n) is 19.7. The van der Waals surface area contributed by atoms with Gasteiger partial charge in [-0.3, -0.25) is 0 Å². The summed E-state index contributed by atoms with van der Waals surface area (Å²) in [6, 6.07) is 20.4. The Morgan fingerprint density at radius 3 is 2.26 bits per heavy atom. The summed E-state index contributed by atoms with van der Waals surface area (Å²) in [5.74, 6) is 1.47. The molecule has 1 aliphatic carbocycles. The normalized spacial score (nSPS) is 26.3. The average molecular weight is 478 g/mol. The first-order chi connectivity index (χ1) is 16.9. The van der Waals surface area contributed by atoms with Gasteiger partial charge in [0, 0.05) is 18.1 Å². The number of benzene rings is 3. The summed E-state index contributed by atoms with van der Waals surface area (Å²) in [4.78, 5) is 12.0. The molecule has 0 radical (unpaired) electrons. The lowest BCUT2D eigenvalue weighted by Crippen LogP contribution is -2.53. The highest BCUT2D eigenvalue weighted by molar-refractivity contribution is 5.67. The third kappa shape index (κ3) is 3.20. The molecular formula is C27H27NO7. The minimum absolute atomic E-state index is 0.268. The molecule has 2 unspecified atom stereocenters. The number of hydrogen-bond acceptors (Lipinski definition) is 7. The van der Waals surface area contributed by atoms with Crippen LogP contribution in [0.3, 0.4) is 0 Å². The topological polar surface area (TPSA) is 109 Å². The third-order valence-electron chi connectivity index (χ3n) is 7.10. The van der Waals surface area contributed by atoms with Crippen LogP contribution in [0.1, 0.15) is 29.0 Å². The van der Waals surface area contributed by atoms with Crippen LogP contribution < -0.4 is 24.7 Å². The molecule has 35 heavy (non-hydrogen) atoms. The Morgan fingerprint density at radius 1 is 0.971 bits per heavy atom. The molecule has 1 amide bonds. The molecule has 8 nitrogen and oxygen atoms in total. The molecule has 1 saturated carbocycles. The van der Waals surface area contributed by atoms with Crippen molar-refractivity contribution < 1.29 is 33.6 Å². The first kappa shape index (κ1) is 22.9. The van der Waals surface area contributed by atoms with E-state index in [-0.39, 0.29) is 6.42 Å². The molecule has 1 fully saturated rings. The van der Waals surface area contributed by atoms with Gasteiger partial charge in [0.05, 0.1) is 26.9 Å². The number of fused-ring (bicyclic) bond motifs is 3. The second-order valence-corrected chi connectivity index (χ2v) is 8.66. The molecule has 0 spiro atoms. The zero-order valence-corrected chi connectivity index (χ0v) is 19.7. The Bertz CT molecular complexity index is 1250. The lowest BCUT2D eigenvalue weighted by atomic mass is 9.71. The Labute approximate surface area is 203 Å². The second-order valence-electron chi connectivity index (χ2n) is 8.66. The number of primary amides is 1. The van der Waals surface area contributed by atoms with Crippen LogP contribution in [0.15, 0.2) is 66.7 Å². The molecule has 0 bridgehead atoms. The van der Waals surface area contributed by atoms with E-state index in [9.17, 15) is 9.90 Å². The second kappa shape index (κ2) is 8.39. The van der Waals surface area contributed by atoms with E-state index in [0.29, 0.717) is 34.1 Å². The Hall–Kier alpha value is -3.91. The van der Waals surface area contributed by atoms with Crippen LogP contribution >= 0.6 is 0 Å². The van der Waals surface area contributed by atoms with E-state index in [4.69, 9.17) is 29.4 Å². The van der Waals surface area contributed by atoms with Crippen LogP contribution in [0.25, 0.3) is 0 Å². The fraction of sp³-hybridized carbons (Fsp3) is 0.296. The molecule has 1 heterocycles. The maximum Gasteiger partial charge on any atom is 0.404 e. The largest absolute Gasteiger partial charge is 0.497 e. The molecule has 5 rings (SSSR count). The number of aliphatic hydroxyl groups is 1. The van der Waals surface area contributed by atoms with Crippen LogP contribution in [0.2, 0.25) is 0 Å². The van der Waals surface area contributed by atoms with Crippen molar-refractivity contribution in [1.82, 2.24) is 0 Å². The van der Waals surface area contributed by atoms with Gasteiger partial charge in [0.15, 0.2) is 11.2 Å². The lowest BCUT2D eigenvalue weighted by molar-refractivity contribution is -0.150.